The lowest BCUT2D eigenvalue weighted by Gasteiger charge is -2.10. The Morgan fingerprint density at radius 2 is 2.00 bits per heavy atom. The fourth-order valence-electron chi connectivity index (χ4n) is 1.65. The molecule has 0 amide bonds. The number of halogens is 1. The minimum atomic E-state index is -1.06. The zero-order valence-corrected chi connectivity index (χ0v) is 10.9. The van der Waals surface area contributed by atoms with Crippen LogP contribution in [0.25, 0.3) is 0 Å². The maximum absolute atomic E-state index is 10.8. The molecule has 0 saturated heterocycles. The number of aromatic carboxylic acids is 1. The summed E-state index contributed by atoms with van der Waals surface area (Å²) in [6.07, 6.45) is 0. The van der Waals surface area contributed by atoms with Crippen LogP contribution in [0.5, 0.6) is 11.5 Å². The van der Waals surface area contributed by atoms with E-state index in [-0.39, 0.29) is 11.3 Å². The molecular weight excluding hydrogens is 266 g/mol. The summed E-state index contributed by atoms with van der Waals surface area (Å²) in [4.78, 5) is 10.8. The molecule has 0 spiro atoms. The molecule has 3 N–H and O–H groups in total. The number of hydrogen-bond acceptors (Lipinski definition) is 3. The van der Waals surface area contributed by atoms with Crippen molar-refractivity contribution >= 4 is 23.3 Å². The normalized spacial score (nSPS) is 10.2. The highest BCUT2D eigenvalue weighted by molar-refractivity contribution is 6.30. The van der Waals surface area contributed by atoms with Gasteiger partial charge in [0.05, 0.1) is 5.56 Å². The zero-order valence-electron chi connectivity index (χ0n) is 10.2. The Labute approximate surface area is 115 Å². The first kappa shape index (κ1) is 13.2. The second-order valence-electron chi connectivity index (χ2n) is 4.07. The molecule has 0 fully saturated rings. The second kappa shape index (κ2) is 5.20. The number of carboxylic acid groups (broad SMARTS) is 1. The lowest BCUT2D eigenvalue weighted by molar-refractivity contribution is 0.0698. The van der Waals surface area contributed by atoms with Crippen LogP contribution in [0.4, 0.5) is 5.69 Å². The van der Waals surface area contributed by atoms with Gasteiger partial charge < -0.3 is 15.6 Å². The molecule has 0 aliphatic carbocycles. The average Bonchev–Trinajstić information content (AvgIpc) is 2.32. The number of anilines is 1. The number of nitrogens with two attached hydrogens (primary N) is 1. The molecule has 98 valence electrons. The molecule has 0 saturated carbocycles. The molecule has 0 bridgehead atoms. The fraction of sp³-hybridized carbons (Fsp3) is 0.0714. The summed E-state index contributed by atoms with van der Waals surface area (Å²) in [5, 5.41) is 9.52. The first-order valence-corrected chi connectivity index (χ1v) is 5.92. The molecule has 19 heavy (non-hydrogen) atoms. The van der Waals surface area contributed by atoms with Gasteiger partial charge in [-0.05, 0) is 42.8 Å². The van der Waals surface area contributed by atoms with Crippen molar-refractivity contribution in [3.05, 3.63) is 52.5 Å². The Hall–Kier alpha value is -2.20. The SMILES string of the molecule is Cc1cc(Cl)ccc1Oc1ccc(C(=O)O)c(N)c1. The van der Waals surface area contributed by atoms with Crippen molar-refractivity contribution in [2.45, 2.75) is 6.92 Å². The Morgan fingerprint density at radius 3 is 2.58 bits per heavy atom. The van der Waals surface area contributed by atoms with Gasteiger partial charge in [0.25, 0.3) is 0 Å². The van der Waals surface area contributed by atoms with Gasteiger partial charge in [0.1, 0.15) is 11.5 Å². The van der Waals surface area contributed by atoms with Crippen LogP contribution in [0.15, 0.2) is 36.4 Å². The van der Waals surface area contributed by atoms with Crippen molar-refractivity contribution in [2.24, 2.45) is 0 Å². The first-order valence-electron chi connectivity index (χ1n) is 5.54. The van der Waals surface area contributed by atoms with E-state index in [0.29, 0.717) is 16.5 Å². The summed E-state index contributed by atoms with van der Waals surface area (Å²) in [5.74, 6) is 0.0616. The predicted octanol–water partition coefficient (Wildman–Crippen LogP) is 3.72. The van der Waals surface area contributed by atoms with Gasteiger partial charge in [-0.25, -0.2) is 4.79 Å². The number of carboxylic acids is 1. The van der Waals surface area contributed by atoms with E-state index in [0.717, 1.165) is 5.56 Å². The molecule has 4 nitrogen and oxygen atoms in total. The van der Waals surface area contributed by atoms with Gasteiger partial charge in [0.2, 0.25) is 0 Å². The van der Waals surface area contributed by atoms with E-state index in [1.807, 2.05) is 6.92 Å². The Balaban J connectivity index is 2.29. The smallest absolute Gasteiger partial charge is 0.337 e. The molecule has 2 aromatic rings. The molecule has 0 aromatic heterocycles. The van der Waals surface area contributed by atoms with Crippen LogP contribution in [0.3, 0.4) is 0 Å². The molecule has 0 atom stereocenters. The van der Waals surface area contributed by atoms with E-state index in [4.69, 9.17) is 27.2 Å². The number of hydrogen-bond donors (Lipinski definition) is 2. The second-order valence-corrected chi connectivity index (χ2v) is 4.50. The van der Waals surface area contributed by atoms with E-state index >= 15 is 0 Å². The average molecular weight is 278 g/mol. The molecule has 0 unspecified atom stereocenters. The summed E-state index contributed by atoms with van der Waals surface area (Å²) in [6.45, 7) is 1.87. The highest BCUT2D eigenvalue weighted by Gasteiger charge is 2.09. The van der Waals surface area contributed by atoms with Crippen molar-refractivity contribution in [3.63, 3.8) is 0 Å². The van der Waals surface area contributed by atoms with Crippen LogP contribution in [-0.2, 0) is 0 Å². The predicted molar refractivity (Wildman–Crippen MR) is 74.1 cm³/mol. The quantitative estimate of drug-likeness (QED) is 0.839. The number of carbonyl (C=O) groups is 1. The number of ether oxygens (including phenoxy) is 1. The van der Waals surface area contributed by atoms with E-state index < -0.39 is 5.97 Å². The summed E-state index contributed by atoms with van der Waals surface area (Å²) in [6, 6.07) is 9.72. The number of nitrogen functional groups attached to an aromatic ring is 1. The van der Waals surface area contributed by atoms with Gasteiger partial charge in [-0.15, -0.1) is 0 Å². The highest BCUT2D eigenvalue weighted by atomic mass is 35.5. The van der Waals surface area contributed by atoms with Gasteiger partial charge in [-0.1, -0.05) is 11.6 Å². The van der Waals surface area contributed by atoms with Gasteiger partial charge >= 0.3 is 5.97 Å². The summed E-state index contributed by atoms with van der Waals surface area (Å²) < 4.78 is 5.65. The highest BCUT2D eigenvalue weighted by Crippen LogP contribution is 2.29. The topological polar surface area (TPSA) is 72.5 Å². The van der Waals surface area contributed by atoms with Crippen LogP contribution in [0, 0.1) is 6.92 Å². The van der Waals surface area contributed by atoms with Crippen molar-refractivity contribution in [1.82, 2.24) is 0 Å². The van der Waals surface area contributed by atoms with E-state index in [2.05, 4.69) is 0 Å². The summed E-state index contributed by atoms with van der Waals surface area (Å²) >= 11 is 5.86. The van der Waals surface area contributed by atoms with Crippen LogP contribution in [0.2, 0.25) is 5.02 Å². The Bertz CT molecular complexity index is 641. The van der Waals surface area contributed by atoms with Crippen molar-refractivity contribution in [1.29, 1.82) is 0 Å². The molecule has 0 heterocycles. The molecule has 0 aliphatic rings. The third-order valence-corrected chi connectivity index (χ3v) is 2.85. The maximum Gasteiger partial charge on any atom is 0.337 e. The Morgan fingerprint density at radius 1 is 1.26 bits per heavy atom. The van der Waals surface area contributed by atoms with Gasteiger partial charge in [-0.3, -0.25) is 0 Å². The van der Waals surface area contributed by atoms with Crippen LogP contribution in [-0.4, -0.2) is 11.1 Å². The van der Waals surface area contributed by atoms with E-state index in [1.165, 1.54) is 12.1 Å². The van der Waals surface area contributed by atoms with Crippen molar-refractivity contribution < 1.29 is 14.6 Å². The van der Waals surface area contributed by atoms with Crippen molar-refractivity contribution in [2.75, 3.05) is 5.73 Å². The standard InChI is InChI=1S/C14H12ClNO3/c1-8-6-9(15)2-5-13(8)19-10-3-4-11(14(17)18)12(16)7-10/h2-7H,16H2,1H3,(H,17,18). The fourth-order valence-corrected chi connectivity index (χ4v) is 1.88. The molecule has 2 aromatic carbocycles. The molecule has 0 radical (unpaired) electrons. The number of rotatable bonds is 3. The van der Waals surface area contributed by atoms with Gasteiger partial charge in [-0.2, -0.15) is 0 Å². The molecular formula is C14H12ClNO3. The van der Waals surface area contributed by atoms with Crippen LogP contribution < -0.4 is 10.5 Å². The lowest BCUT2D eigenvalue weighted by Crippen LogP contribution is -2.02. The number of benzene rings is 2. The first-order chi connectivity index (χ1) is 8.97. The van der Waals surface area contributed by atoms with Crippen LogP contribution in [0.1, 0.15) is 15.9 Å². The molecule has 0 aliphatic heterocycles. The number of aryl methyl sites for hydroxylation is 1. The van der Waals surface area contributed by atoms with Crippen LogP contribution >= 0.6 is 11.6 Å². The molecule has 5 heteroatoms. The third-order valence-electron chi connectivity index (χ3n) is 2.62. The van der Waals surface area contributed by atoms with E-state index in [1.54, 1.807) is 24.3 Å². The van der Waals surface area contributed by atoms with Gasteiger partial charge in [0.15, 0.2) is 0 Å². The monoisotopic (exact) mass is 277 g/mol. The Kier molecular flexibility index (Phi) is 3.62. The third kappa shape index (κ3) is 2.98. The summed E-state index contributed by atoms with van der Waals surface area (Å²) in [5.41, 5.74) is 6.76. The largest absolute Gasteiger partial charge is 0.478 e. The molecule has 2 rings (SSSR count). The minimum Gasteiger partial charge on any atom is -0.478 e. The summed E-state index contributed by atoms with van der Waals surface area (Å²) in [7, 11) is 0. The van der Waals surface area contributed by atoms with Crippen molar-refractivity contribution in [3.8, 4) is 11.5 Å². The minimum absolute atomic E-state index is 0.0557. The van der Waals surface area contributed by atoms with E-state index in [9.17, 15) is 4.79 Å². The maximum atomic E-state index is 10.8. The zero-order chi connectivity index (χ0) is 14.0. The lowest BCUT2D eigenvalue weighted by atomic mass is 10.1. The van der Waals surface area contributed by atoms with Gasteiger partial charge in [0, 0.05) is 16.8 Å².